The minimum atomic E-state index is -0.278. The molecule has 1 amide bonds. The van der Waals surface area contributed by atoms with E-state index in [0.29, 0.717) is 5.75 Å². The third kappa shape index (κ3) is 2.85. The molecule has 0 spiro atoms. The molecule has 0 N–H and O–H groups in total. The average molecular weight is 366 g/mol. The fourth-order valence-corrected chi connectivity index (χ4v) is 3.80. The highest BCUT2D eigenvalue weighted by Gasteiger charge is 2.34. The number of hydrogen-bond donors (Lipinski definition) is 0. The van der Waals surface area contributed by atoms with E-state index >= 15 is 0 Å². The Morgan fingerprint density at radius 1 is 1.29 bits per heavy atom. The summed E-state index contributed by atoms with van der Waals surface area (Å²) in [6.07, 6.45) is 0. The molecule has 108 valence electrons. The number of halogens is 2. The van der Waals surface area contributed by atoms with Crippen LogP contribution in [0.1, 0.15) is 16.5 Å². The van der Waals surface area contributed by atoms with Gasteiger partial charge in [0, 0.05) is 10.2 Å². The average Bonchev–Trinajstić information content (AvgIpc) is 2.84. The van der Waals surface area contributed by atoms with Crippen LogP contribution in [0.15, 0.2) is 46.9 Å². The molecule has 2 aromatic rings. The lowest BCUT2D eigenvalue weighted by atomic mass is 10.1. The van der Waals surface area contributed by atoms with Crippen molar-refractivity contribution in [3.63, 3.8) is 0 Å². The van der Waals surface area contributed by atoms with E-state index in [2.05, 4.69) is 15.9 Å². The molecule has 2 aromatic carbocycles. The lowest BCUT2D eigenvalue weighted by molar-refractivity contribution is -0.115. The topological polar surface area (TPSA) is 20.3 Å². The minimum absolute atomic E-state index is 0.0518. The van der Waals surface area contributed by atoms with Gasteiger partial charge in [0.15, 0.2) is 0 Å². The van der Waals surface area contributed by atoms with Crippen molar-refractivity contribution in [1.82, 2.24) is 0 Å². The first-order valence-electron chi connectivity index (χ1n) is 6.51. The van der Waals surface area contributed by atoms with Gasteiger partial charge in [-0.2, -0.15) is 0 Å². The summed E-state index contributed by atoms with van der Waals surface area (Å²) in [5, 5.41) is -0.172. The predicted octanol–water partition coefficient (Wildman–Crippen LogP) is 4.68. The van der Waals surface area contributed by atoms with Gasteiger partial charge in [-0.3, -0.25) is 9.69 Å². The van der Waals surface area contributed by atoms with Crippen LogP contribution < -0.4 is 4.90 Å². The zero-order valence-corrected chi connectivity index (χ0v) is 13.7. The number of carbonyl (C=O) groups excluding carboxylic acids is 1. The Morgan fingerprint density at radius 3 is 2.81 bits per heavy atom. The first-order chi connectivity index (χ1) is 10.1. The Bertz CT molecular complexity index is 706. The summed E-state index contributed by atoms with van der Waals surface area (Å²) in [6, 6.07) is 12.3. The molecule has 5 heteroatoms. The predicted molar refractivity (Wildman–Crippen MR) is 88.0 cm³/mol. The highest BCUT2D eigenvalue weighted by Crippen LogP contribution is 2.42. The van der Waals surface area contributed by atoms with Gasteiger partial charge >= 0.3 is 0 Å². The van der Waals surface area contributed by atoms with E-state index in [4.69, 9.17) is 0 Å². The second-order valence-electron chi connectivity index (χ2n) is 4.92. The molecule has 1 atom stereocenters. The van der Waals surface area contributed by atoms with Crippen LogP contribution in [0.25, 0.3) is 0 Å². The highest BCUT2D eigenvalue weighted by atomic mass is 79.9. The van der Waals surface area contributed by atoms with E-state index in [0.717, 1.165) is 21.3 Å². The maximum atomic E-state index is 13.4. The molecule has 3 rings (SSSR count). The van der Waals surface area contributed by atoms with Crippen molar-refractivity contribution in [2.24, 2.45) is 0 Å². The van der Waals surface area contributed by atoms with Crippen LogP contribution in [0.5, 0.6) is 0 Å². The molecule has 1 aliphatic rings. The first-order valence-corrected chi connectivity index (χ1v) is 8.36. The maximum Gasteiger partial charge on any atom is 0.238 e. The van der Waals surface area contributed by atoms with Crippen LogP contribution in [0, 0.1) is 12.7 Å². The Hall–Kier alpha value is -1.33. The molecule has 0 aliphatic carbocycles. The van der Waals surface area contributed by atoms with Crippen LogP contribution in [-0.4, -0.2) is 11.7 Å². The molecule has 1 unspecified atom stereocenters. The smallest absolute Gasteiger partial charge is 0.238 e. The number of nitrogens with zero attached hydrogens (tertiary/aromatic N) is 1. The largest absolute Gasteiger partial charge is 0.295 e. The van der Waals surface area contributed by atoms with Gasteiger partial charge in [0.1, 0.15) is 11.2 Å². The molecule has 1 fully saturated rings. The van der Waals surface area contributed by atoms with E-state index < -0.39 is 0 Å². The zero-order chi connectivity index (χ0) is 15.0. The number of carbonyl (C=O) groups is 1. The summed E-state index contributed by atoms with van der Waals surface area (Å²) in [7, 11) is 0. The van der Waals surface area contributed by atoms with Crippen molar-refractivity contribution in [2.45, 2.75) is 12.3 Å². The molecular formula is C16H13BrFNOS. The molecule has 2 nitrogen and oxygen atoms in total. The van der Waals surface area contributed by atoms with Crippen molar-refractivity contribution < 1.29 is 9.18 Å². The number of aryl methyl sites for hydroxylation is 1. The van der Waals surface area contributed by atoms with Crippen molar-refractivity contribution >= 4 is 39.3 Å². The van der Waals surface area contributed by atoms with Crippen LogP contribution in [0.4, 0.5) is 10.1 Å². The first kappa shape index (κ1) is 14.6. The zero-order valence-electron chi connectivity index (χ0n) is 11.3. The fourth-order valence-electron chi connectivity index (χ4n) is 2.39. The van der Waals surface area contributed by atoms with E-state index in [1.54, 1.807) is 11.0 Å². The van der Waals surface area contributed by atoms with Crippen molar-refractivity contribution in [2.75, 3.05) is 10.7 Å². The van der Waals surface area contributed by atoms with E-state index in [9.17, 15) is 9.18 Å². The summed E-state index contributed by atoms with van der Waals surface area (Å²) in [4.78, 5) is 14.0. The van der Waals surface area contributed by atoms with Gasteiger partial charge < -0.3 is 0 Å². The summed E-state index contributed by atoms with van der Waals surface area (Å²) in [5.74, 6) is 0.186. The molecule has 1 heterocycles. The summed E-state index contributed by atoms with van der Waals surface area (Å²) < 4.78 is 14.5. The van der Waals surface area contributed by atoms with Gasteiger partial charge in [-0.1, -0.05) is 28.1 Å². The summed E-state index contributed by atoms with van der Waals surface area (Å²) >= 11 is 4.99. The Morgan fingerprint density at radius 2 is 2.10 bits per heavy atom. The second-order valence-corrected chi connectivity index (χ2v) is 6.84. The molecular weight excluding hydrogens is 353 g/mol. The third-order valence-corrected chi connectivity index (χ3v) is 5.52. The SMILES string of the molecule is Cc1cc(N2C(=O)CSC2c2cccc(F)c2)ccc1Br. The summed E-state index contributed by atoms with van der Waals surface area (Å²) in [5.41, 5.74) is 2.72. The van der Waals surface area contributed by atoms with Gasteiger partial charge in [-0.25, -0.2) is 4.39 Å². The highest BCUT2D eigenvalue weighted by molar-refractivity contribution is 9.10. The fraction of sp³-hybridized carbons (Fsp3) is 0.188. The normalized spacial score (nSPS) is 18.3. The number of thioether (sulfide) groups is 1. The van der Waals surface area contributed by atoms with E-state index in [-0.39, 0.29) is 17.1 Å². The van der Waals surface area contributed by atoms with Crippen LogP contribution in [0.3, 0.4) is 0 Å². The monoisotopic (exact) mass is 365 g/mol. The Labute approximate surface area is 135 Å². The number of hydrogen-bond acceptors (Lipinski definition) is 2. The molecule has 0 radical (unpaired) electrons. The standard InChI is InChI=1S/C16H13BrFNOS/c1-10-7-13(5-6-14(10)17)19-15(20)9-21-16(19)11-3-2-4-12(18)8-11/h2-8,16H,9H2,1H3. The van der Waals surface area contributed by atoms with Gasteiger partial charge in [0.25, 0.3) is 0 Å². The van der Waals surface area contributed by atoms with Crippen molar-refractivity contribution in [1.29, 1.82) is 0 Å². The van der Waals surface area contributed by atoms with Gasteiger partial charge in [0.2, 0.25) is 5.91 Å². The van der Waals surface area contributed by atoms with E-state index in [1.165, 1.54) is 23.9 Å². The Kier molecular flexibility index (Phi) is 4.04. The van der Waals surface area contributed by atoms with Gasteiger partial charge in [-0.15, -0.1) is 11.8 Å². The lowest BCUT2D eigenvalue weighted by Gasteiger charge is -2.25. The van der Waals surface area contributed by atoms with Gasteiger partial charge in [0.05, 0.1) is 5.75 Å². The summed E-state index contributed by atoms with van der Waals surface area (Å²) in [6.45, 7) is 1.98. The van der Waals surface area contributed by atoms with Gasteiger partial charge in [-0.05, 0) is 48.4 Å². The molecule has 1 saturated heterocycles. The Balaban J connectivity index is 2.01. The second kappa shape index (κ2) is 5.81. The van der Waals surface area contributed by atoms with Crippen molar-refractivity contribution in [3.8, 4) is 0 Å². The number of amides is 1. The minimum Gasteiger partial charge on any atom is -0.295 e. The number of rotatable bonds is 2. The third-order valence-electron chi connectivity index (χ3n) is 3.42. The van der Waals surface area contributed by atoms with E-state index in [1.807, 2.05) is 31.2 Å². The van der Waals surface area contributed by atoms with Crippen LogP contribution >= 0.6 is 27.7 Å². The number of benzene rings is 2. The molecule has 0 bridgehead atoms. The van der Waals surface area contributed by atoms with Crippen LogP contribution in [0.2, 0.25) is 0 Å². The maximum absolute atomic E-state index is 13.4. The quantitative estimate of drug-likeness (QED) is 0.770. The molecule has 0 saturated carbocycles. The number of anilines is 1. The molecule has 0 aromatic heterocycles. The molecule has 21 heavy (non-hydrogen) atoms. The lowest BCUT2D eigenvalue weighted by Crippen LogP contribution is -2.27. The van der Waals surface area contributed by atoms with Crippen molar-refractivity contribution in [3.05, 3.63) is 63.9 Å². The van der Waals surface area contributed by atoms with Crippen LogP contribution in [-0.2, 0) is 4.79 Å². The molecule has 1 aliphatic heterocycles.